The van der Waals surface area contributed by atoms with Gasteiger partial charge in [0, 0.05) is 0 Å². The van der Waals surface area contributed by atoms with E-state index in [9.17, 15) is 4.79 Å². The zero-order valence-corrected chi connectivity index (χ0v) is 7.43. The fourth-order valence-electron chi connectivity index (χ4n) is 1.23. The van der Waals surface area contributed by atoms with Crippen molar-refractivity contribution in [3.8, 4) is 0 Å². The number of carboxylic acids is 1. The van der Waals surface area contributed by atoms with Gasteiger partial charge in [-0.1, -0.05) is 0 Å². The van der Waals surface area contributed by atoms with Crippen molar-refractivity contribution in [2.24, 2.45) is 0 Å². The maximum Gasteiger partial charge on any atom is 0.312 e. The van der Waals surface area contributed by atoms with Gasteiger partial charge in [-0.3, -0.25) is 4.79 Å². The number of carbonyl (C=O) groups is 1. The number of nitrogens with one attached hydrogen (secondary N) is 1. The molecule has 0 saturated carbocycles. The normalized spacial score (nSPS) is 12.9. The van der Waals surface area contributed by atoms with Crippen molar-refractivity contribution in [3.05, 3.63) is 18.3 Å². The van der Waals surface area contributed by atoms with E-state index in [1.165, 1.54) is 12.7 Å². The Morgan fingerprint density at radius 3 is 3.00 bits per heavy atom. The second-order valence-electron chi connectivity index (χ2n) is 2.92. The Kier molecular flexibility index (Phi) is 1.88. The highest BCUT2D eigenvalue weighted by Crippen LogP contribution is 2.18. The van der Waals surface area contributed by atoms with Crippen molar-refractivity contribution in [2.45, 2.75) is 12.8 Å². The van der Waals surface area contributed by atoms with E-state index in [1.807, 2.05) is 0 Å². The van der Waals surface area contributed by atoms with Crippen LogP contribution in [0.5, 0.6) is 0 Å². The van der Waals surface area contributed by atoms with Gasteiger partial charge in [0.2, 0.25) is 0 Å². The fraction of sp³-hybridized carbons (Fsp3) is 0.250. The molecule has 0 aliphatic rings. The van der Waals surface area contributed by atoms with E-state index in [2.05, 4.69) is 19.9 Å². The first-order valence-corrected chi connectivity index (χ1v) is 4.07. The molecule has 1 unspecified atom stereocenters. The van der Waals surface area contributed by atoms with Gasteiger partial charge in [0.15, 0.2) is 5.65 Å². The summed E-state index contributed by atoms with van der Waals surface area (Å²) in [5.41, 5.74) is 1.53. The second kappa shape index (κ2) is 3.06. The van der Waals surface area contributed by atoms with Gasteiger partial charge in [0.1, 0.15) is 11.8 Å². The standard InChI is InChI=1S/C8H8N4O2/c1-4(8(13)14)5-6-7(11-2-9-5)12-3-10-6/h2-4H,1H3,(H,13,14)(H,9,10,11,12). The third-order valence-corrected chi connectivity index (χ3v) is 2.03. The summed E-state index contributed by atoms with van der Waals surface area (Å²) in [5, 5.41) is 8.84. The highest BCUT2D eigenvalue weighted by Gasteiger charge is 2.19. The van der Waals surface area contributed by atoms with Crippen molar-refractivity contribution in [1.29, 1.82) is 0 Å². The number of hydrogen-bond donors (Lipinski definition) is 2. The Balaban J connectivity index is 2.61. The van der Waals surface area contributed by atoms with E-state index < -0.39 is 11.9 Å². The van der Waals surface area contributed by atoms with Gasteiger partial charge in [-0.25, -0.2) is 15.0 Å². The largest absolute Gasteiger partial charge is 0.481 e. The van der Waals surface area contributed by atoms with Crippen LogP contribution in [0.2, 0.25) is 0 Å². The summed E-state index contributed by atoms with van der Waals surface area (Å²) in [6.07, 6.45) is 2.79. The first-order chi connectivity index (χ1) is 6.70. The number of aliphatic carboxylic acids is 1. The van der Waals surface area contributed by atoms with Gasteiger partial charge >= 0.3 is 5.97 Å². The predicted octanol–water partition coefficient (Wildman–Crippen LogP) is 0.541. The number of carboxylic acid groups (broad SMARTS) is 1. The van der Waals surface area contributed by atoms with Gasteiger partial charge in [-0.2, -0.15) is 0 Å². The van der Waals surface area contributed by atoms with Crippen molar-refractivity contribution >= 4 is 17.1 Å². The third-order valence-electron chi connectivity index (χ3n) is 2.03. The fourth-order valence-corrected chi connectivity index (χ4v) is 1.23. The summed E-state index contributed by atoms with van der Waals surface area (Å²) < 4.78 is 0. The molecular weight excluding hydrogens is 184 g/mol. The monoisotopic (exact) mass is 192 g/mol. The van der Waals surface area contributed by atoms with Crippen molar-refractivity contribution < 1.29 is 9.90 Å². The topological polar surface area (TPSA) is 91.8 Å². The van der Waals surface area contributed by atoms with Crippen molar-refractivity contribution in [2.75, 3.05) is 0 Å². The summed E-state index contributed by atoms with van der Waals surface area (Å²) in [5.74, 6) is -1.58. The molecule has 72 valence electrons. The first-order valence-electron chi connectivity index (χ1n) is 4.07. The molecule has 0 aliphatic carbocycles. The second-order valence-corrected chi connectivity index (χ2v) is 2.92. The van der Waals surface area contributed by atoms with Gasteiger partial charge < -0.3 is 10.1 Å². The number of rotatable bonds is 2. The summed E-state index contributed by atoms with van der Waals surface area (Å²) in [7, 11) is 0. The molecule has 0 saturated heterocycles. The minimum atomic E-state index is -0.917. The molecule has 0 bridgehead atoms. The first kappa shape index (κ1) is 8.61. The van der Waals surface area contributed by atoms with Crippen LogP contribution in [0.15, 0.2) is 12.7 Å². The number of aromatic amines is 1. The summed E-state index contributed by atoms with van der Waals surface area (Å²) >= 11 is 0. The lowest BCUT2D eigenvalue weighted by Crippen LogP contribution is -2.10. The minimum Gasteiger partial charge on any atom is -0.481 e. The molecule has 2 N–H and O–H groups in total. The Bertz CT molecular complexity index is 479. The van der Waals surface area contributed by atoms with Crippen LogP contribution in [0, 0.1) is 0 Å². The third kappa shape index (κ3) is 1.20. The van der Waals surface area contributed by atoms with E-state index in [4.69, 9.17) is 5.11 Å². The molecule has 2 aromatic heterocycles. The van der Waals surface area contributed by atoms with E-state index in [0.29, 0.717) is 16.9 Å². The zero-order chi connectivity index (χ0) is 10.1. The van der Waals surface area contributed by atoms with Crippen LogP contribution in [-0.4, -0.2) is 31.0 Å². The molecule has 14 heavy (non-hydrogen) atoms. The number of fused-ring (bicyclic) bond motifs is 1. The molecule has 0 fully saturated rings. The highest BCUT2D eigenvalue weighted by atomic mass is 16.4. The van der Waals surface area contributed by atoms with Crippen LogP contribution in [0.25, 0.3) is 11.2 Å². The molecule has 0 radical (unpaired) electrons. The van der Waals surface area contributed by atoms with Gasteiger partial charge in [-0.15, -0.1) is 0 Å². The average Bonchev–Trinajstić information content (AvgIpc) is 2.63. The Labute approximate surface area is 79.0 Å². The maximum atomic E-state index is 10.8. The summed E-state index contributed by atoms with van der Waals surface area (Å²) in [6.45, 7) is 1.57. The molecule has 0 spiro atoms. The lowest BCUT2D eigenvalue weighted by atomic mass is 10.1. The van der Waals surface area contributed by atoms with Crippen LogP contribution in [0.3, 0.4) is 0 Å². The SMILES string of the molecule is CC(C(=O)O)c1ncnc2nc[nH]c12. The highest BCUT2D eigenvalue weighted by molar-refractivity contribution is 5.82. The summed E-state index contributed by atoms with van der Waals surface area (Å²) in [4.78, 5) is 25.4. The molecule has 0 aromatic carbocycles. The van der Waals surface area contributed by atoms with E-state index in [1.54, 1.807) is 6.92 Å². The summed E-state index contributed by atoms with van der Waals surface area (Å²) in [6, 6.07) is 0. The van der Waals surface area contributed by atoms with Crippen LogP contribution in [-0.2, 0) is 4.79 Å². The molecule has 6 nitrogen and oxygen atoms in total. The van der Waals surface area contributed by atoms with Crippen molar-refractivity contribution in [1.82, 2.24) is 19.9 Å². The lowest BCUT2D eigenvalue weighted by molar-refractivity contribution is -0.138. The van der Waals surface area contributed by atoms with Gasteiger partial charge in [-0.05, 0) is 6.92 Å². The van der Waals surface area contributed by atoms with Crippen molar-refractivity contribution in [3.63, 3.8) is 0 Å². The Morgan fingerprint density at radius 1 is 1.50 bits per heavy atom. The average molecular weight is 192 g/mol. The number of aromatic nitrogens is 4. The molecule has 6 heteroatoms. The lowest BCUT2D eigenvalue weighted by Gasteiger charge is -2.04. The molecule has 0 amide bonds. The maximum absolute atomic E-state index is 10.8. The molecule has 2 rings (SSSR count). The minimum absolute atomic E-state index is 0.458. The molecule has 2 aromatic rings. The molecule has 0 aliphatic heterocycles. The smallest absolute Gasteiger partial charge is 0.312 e. The number of nitrogens with zero attached hydrogens (tertiary/aromatic N) is 3. The number of hydrogen-bond acceptors (Lipinski definition) is 4. The quantitative estimate of drug-likeness (QED) is 0.724. The van der Waals surface area contributed by atoms with Crippen LogP contribution in [0.4, 0.5) is 0 Å². The Hall–Kier alpha value is -1.98. The molecular formula is C8H8N4O2. The molecule has 2 heterocycles. The van der Waals surface area contributed by atoms with Gasteiger partial charge in [0.25, 0.3) is 0 Å². The van der Waals surface area contributed by atoms with Crippen LogP contribution in [0.1, 0.15) is 18.5 Å². The Morgan fingerprint density at radius 2 is 2.29 bits per heavy atom. The van der Waals surface area contributed by atoms with E-state index in [-0.39, 0.29) is 0 Å². The predicted molar refractivity (Wildman–Crippen MR) is 47.7 cm³/mol. The molecule has 1 atom stereocenters. The number of H-pyrrole nitrogens is 1. The zero-order valence-electron chi connectivity index (χ0n) is 7.43. The van der Waals surface area contributed by atoms with Gasteiger partial charge in [0.05, 0.1) is 17.9 Å². The van der Waals surface area contributed by atoms with Crippen LogP contribution < -0.4 is 0 Å². The van der Waals surface area contributed by atoms with E-state index in [0.717, 1.165) is 0 Å². The number of imidazole rings is 1. The van der Waals surface area contributed by atoms with Crippen LogP contribution >= 0.6 is 0 Å². The van der Waals surface area contributed by atoms with E-state index >= 15 is 0 Å².